The number of rotatable bonds is 5. The molecule has 110 valence electrons. The van der Waals surface area contributed by atoms with Gasteiger partial charge in [-0.2, -0.15) is 4.98 Å². The molecule has 3 rings (SSSR count). The molecule has 0 saturated heterocycles. The third-order valence-corrected chi connectivity index (χ3v) is 3.85. The smallest absolute Gasteiger partial charge is 0.225 e. The van der Waals surface area contributed by atoms with Gasteiger partial charge < -0.3 is 10.6 Å². The summed E-state index contributed by atoms with van der Waals surface area (Å²) >= 11 is 0. The summed E-state index contributed by atoms with van der Waals surface area (Å²) in [6, 6.07) is 12.9. The van der Waals surface area contributed by atoms with Crippen LogP contribution >= 0.6 is 0 Å². The average molecular weight is 282 g/mol. The second-order valence-corrected chi connectivity index (χ2v) is 5.68. The lowest BCUT2D eigenvalue weighted by Crippen LogP contribution is -2.16. The highest BCUT2D eigenvalue weighted by molar-refractivity contribution is 5.43. The van der Waals surface area contributed by atoms with Crippen LogP contribution in [0.3, 0.4) is 0 Å². The zero-order valence-electron chi connectivity index (χ0n) is 12.5. The van der Waals surface area contributed by atoms with Crippen molar-refractivity contribution in [3.63, 3.8) is 0 Å². The third-order valence-electron chi connectivity index (χ3n) is 3.85. The van der Waals surface area contributed by atoms with Crippen molar-refractivity contribution in [2.45, 2.75) is 45.2 Å². The highest BCUT2D eigenvalue weighted by atomic mass is 15.1. The first kappa shape index (κ1) is 13.9. The van der Waals surface area contributed by atoms with Gasteiger partial charge in [0.05, 0.1) is 0 Å². The molecule has 1 heterocycles. The van der Waals surface area contributed by atoms with Crippen molar-refractivity contribution in [1.82, 2.24) is 9.97 Å². The van der Waals surface area contributed by atoms with Crippen molar-refractivity contribution in [3.8, 4) is 0 Å². The number of benzene rings is 1. The van der Waals surface area contributed by atoms with Gasteiger partial charge in [0, 0.05) is 24.3 Å². The molecule has 1 aliphatic carbocycles. The lowest BCUT2D eigenvalue weighted by atomic mass is 10.2. The highest BCUT2D eigenvalue weighted by Gasteiger charge is 2.15. The van der Waals surface area contributed by atoms with Gasteiger partial charge in [-0.3, -0.25) is 0 Å². The van der Waals surface area contributed by atoms with E-state index in [-0.39, 0.29) is 0 Å². The van der Waals surface area contributed by atoms with Crippen LogP contribution in [0, 0.1) is 6.92 Å². The van der Waals surface area contributed by atoms with Gasteiger partial charge in [-0.25, -0.2) is 4.98 Å². The first-order chi connectivity index (χ1) is 10.3. The van der Waals surface area contributed by atoms with Gasteiger partial charge in [-0.05, 0) is 25.3 Å². The molecular weight excluding hydrogens is 260 g/mol. The van der Waals surface area contributed by atoms with Gasteiger partial charge in [0.25, 0.3) is 0 Å². The maximum Gasteiger partial charge on any atom is 0.225 e. The number of aromatic nitrogens is 2. The Balaban J connectivity index is 1.65. The molecule has 0 radical (unpaired) electrons. The molecule has 21 heavy (non-hydrogen) atoms. The Labute approximate surface area is 126 Å². The van der Waals surface area contributed by atoms with Gasteiger partial charge in [-0.15, -0.1) is 0 Å². The second kappa shape index (κ2) is 6.57. The Morgan fingerprint density at radius 3 is 2.62 bits per heavy atom. The fourth-order valence-electron chi connectivity index (χ4n) is 2.78. The molecule has 1 aromatic carbocycles. The molecule has 2 N–H and O–H groups in total. The zero-order valence-corrected chi connectivity index (χ0v) is 12.5. The minimum atomic E-state index is 0.571. The number of hydrogen-bond donors (Lipinski definition) is 2. The minimum absolute atomic E-state index is 0.571. The molecule has 2 aromatic rings. The molecule has 0 aliphatic heterocycles. The van der Waals surface area contributed by atoms with Crippen molar-refractivity contribution in [2.24, 2.45) is 0 Å². The lowest BCUT2D eigenvalue weighted by Gasteiger charge is -2.14. The molecule has 0 amide bonds. The summed E-state index contributed by atoms with van der Waals surface area (Å²) in [7, 11) is 0. The second-order valence-electron chi connectivity index (χ2n) is 5.68. The molecule has 0 spiro atoms. The number of aryl methyl sites for hydroxylation is 1. The first-order valence-electron chi connectivity index (χ1n) is 7.69. The largest absolute Gasteiger partial charge is 0.367 e. The summed E-state index contributed by atoms with van der Waals surface area (Å²) in [5, 5.41) is 6.83. The Kier molecular flexibility index (Phi) is 4.34. The summed E-state index contributed by atoms with van der Waals surface area (Å²) in [6.07, 6.45) is 5.13. The van der Waals surface area contributed by atoms with Crippen molar-refractivity contribution in [2.75, 3.05) is 10.6 Å². The maximum absolute atomic E-state index is 4.58. The Hall–Kier alpha value is -2.10. The van der Waals surface area contributed by atoms with Crippen LogP contribution in [0.25, 0.3) is 0 Å². The van der Waals surface area contributed by atoms with Crippen molar-refractivity contribution < 1.29 is 0 Å². The van der Waals surface area contributed by atoms with Crippen molar-refractivity contribution in [3.05, 3.63) is 47.7 Å². The number of anilines is 2. The summed E-state index contributed by atoms with van der Waals surface area (Å²) < 4.78 is 0. The van der Waals surface area contributed by atoms with E-state index in [1.165, 1.54) is 31.2 Å². The van der Waals surface area contributed by atoms with Gasteiger partial charge in [0.2, 0.25) is 5.95 Å². The predicted octanol–water partition coefficient (Wildman–Crippen LogP) is 3.75. The molecule has 1 aromatic heterocycles. The topological polar surface area (TPSA) is 49.8 Å². The van der Waals surface area contributed by atoms with Crippen LogP contribution in [-0.4, -0.2) is 16.0 Å². The standard InChI is InChI=1S/C17H22N4/c1-13-11-16(20-15-9-5-6-10-15)21-17(19-13)18-12-14-7-3-2-4-8-14/h2-4,7-8,11,15H,5-6,9-10,12H2,1H3,(H2,18,19,20,21). The van der Waals surface area contributed by atoms with E-state index < -0.39 is 0 Å². The SMILES string of the molecule is Cc1cc(NC2CCCC2)nc(NCc2ccccc2)n1. The summed E-state index contributed by atoms with van der Waals surface area (Å²) in [6.45, 7) is 2.75. The normalized spacial score (nSPS) is 15.1. The maximum atomic E-state index is 4.58. The van der Waals surface area contributed by atoms with Gasteiger partial charge in [-0.1, -0.05) is 43.2 Å². The monoisotopic (exact) mass is 282 g/mol. The lowest BCUT2D eigenvalue weighted by molar-refractivity contribution is 0.749. The molecule has 0 bridgehead atoms. The first-order valence-corrected chi connectivity index (χ1v) is 7.69. The van der Waals surface area contributed by atoms with Crippen molar-refractivity contribution >= 4 is 11.8 Å². The van der Waals surface area contributed by atoms with E-state index in [1.54, 1.807) is 0 Å². The highest BCUT2D eigenvalue weighted by Crippen LogP contribution is 2.22. The van der Waals surface area contributed by atoms with E-state index >= 15 is 0 Å². The van der Waals surface area contributed by atoms with Crippen LogP contribution in [0.15, 0.2) is 36.4 Å². The molecule has 4 nitrogen and oxygen atoms in total. The van der Waals surface area contributed by atoms with Crippen LogP contribution in [0.1, 0.15) is 36.9 Å². The minimum Gasteiger partial charge on any atom is -0.367 e. The Morgan fingerprint density at radius 1 is 1.10 bits per heavy atom. The Bertz CT molecular complexity index is 577. The van der Waals surface area contributed by atoms with E-state index in [4.69, 9.17) is 0 Å². The van der Waals surface area contributed by atoms with Gasteiger partial charge in [0.1, 0.15) is 5.82 Å². The van der Waals surface area contributed by atoms with Gasteiger partial charge in [0.15, 0.2) is 0 Å². The summed E-state index contributed by atoms with van der Waals surface area (Å²) in [5.41, 5.74) is 2.22. The third kappa shape index (κ3) is 3.94. The molecule has 0 unspecified atom stereocenters. The van der Waals surface area contributed by atoms with Crippen molar-refractivity contribution in [1.29, 1.82) is 0 Å². The summed E-state index contributed by atoms with van der Waals surface area (Å²) in [5.74, 6) is 1.63. The fraction of sp³-hybridized carbons (Fsp3) is 0.412. The number of nitrogens with zero attached hydrogens (tertiary/aromatic N) is 2. The van der Waals surface area contributed by atoms with E-state index in [2.05, 4.69) is 32.7 Å². The Morgan fingerprint density at radius 2 is 1.86 bits per heavy atom. The van der Waals surface area contributed by atoms with E-state index in [1.807, 2.05) is 31.2 Å². The molecule has 4 heteroatoms. The van der Waals surface area contributed by atoms with Crippen LogP contribution in [0.2, 0.25) is 0 Å². The quantitative estimate of drug-likeness (QED) is 0.877. The fourth-order valence-corrected chi connectivity index (χ4v) is 2.78. The molecule has 1 aliphatic rings. The van der Waals surface area contributed by atoms with Crippen LogP contribution < -0.4 is 10.6 Å². The average Bonchev–Trinajstić information content (AvgIpc) is 2.99. The predicted molar refractivity (Wildman–Crippen MR) is 86.4 cm³/mol. The number of hydrogen-bond acceptors (Lipinski definition) is 4. The van der Waals surface area contributed by atoms with E-state index in [0.717, 1.165) is 18.1 Å². The summed E-state index contributed by atoms with van der Waals surface area (Å²) in [4.78, 5) is 9.04. The van der Waals surface area contributed by atoms with Crippen LogP contribution in [0.4, 0.5) is 11.8 Å². The molecule has 1 fully saturated rings. The van der Waals surface area contributed by atoms with Crippen LogP contribution in [-0.2, 0) is 6.54 Å². The van der Waals surface area contributed by atoms with E-state index in [0.29, 0.717) is 12.0 Å². The molecular formula is C17H22N4. The van der Waals surface area contributed by atoms with E-state index in [9.17, 15) is 0 Å². The van der Waals surface area contributed by atoms with Crippen LogP contribution in [0.5, 0.6) is 0 Å². The molecule has 0 atom stereocenters. The zero-order chi connectivity index (χ0) is 14.5. The molecule has 1 saturated carbocycles. The van der Waals surface area contributed by atoms with Gasteiger partial charge >= 0.3 is 0 Å². The number of nitrogens with one attached hydrogen (secondary N) is 2.